The van der Waals surface area contributed by atoms with Crippen LogP contribution in [0.2, 0.25) is 0 Å². The maximum Gasteiger partial charge on any atom is 0.164 e. The molecule has 0 bridgehead atoms. The zero-order valence-corrected chi connectivity index (χ0v) is 15.9. The van der Waals surface area contributed by atoms with Gasteiger partial charge in [0.25, 0.3) is 0 Å². The standard InChI is InChI=1S/C18H32N2O4/c1-13(21)9-10-18(5)16(14(2)23-17(3,4)24-18)19-20-11-7-8-15(20)12-22-6/h14-15H,7-12H2,1-6H3/t14-,15-,18-/m1/s1. The van der Waals surface area contributed by atoms with E-state index in [0.29, 0.717) is 25.5 Å². The molecule has 2 fully saturated rings. The quantitative estimate of drug-likeness (QED) is 0.744. The number of hydrazone groups is 1. The number of ether oxygens (including phenoxy) is 3. The molecule has 0 amide bonds. The molecule has 0 aromatic rings. The van der Waals surface area contributed by atoms with Gasteiger partial charge in [0.1, 0.15) is 17.5 Å². The van der Waals surface area contributed by atoms with Crippen molar-refractivity contribution in [2.24, 2.45) is 5.10 Å². The van der Waals surface area contributed by atoms with Gasteiger partial charge in [0, 0.05) is 20.1 Å². The summed E-state index contributed by atoms with van der Waals surface area (Å²) in [5.74, 6) is -0.532. The zero-order valence-electron chi connectivity index (χ0n) is 15.9. The Kier molecular flexibility index (Phi) is 6.04. The number of hydrogen-bond donors (Lipinski definition) is 0. The SMILES string of the molecule is COC[C@H]1CCCN1N=C1[C@@H](C)OC(C)(C)O[C@]1(C)CCC(C)=O. The second-order valence-electron chi connectivity index (χ2n) is 7.59. The van der Waals surface area contributed by atoms with Crippen LogP contribution in [-0.4, -0.2) is 60.3 Å². The Bertz CT molecular complexity index is 491. The number of methoxy groups -OCH3 is 1. The minimum atomic E-state index is -0.694. The van der Waals surface area contributed by atoms with Crippen LogP contribution < -0.4 is 0 Å². The molecule has 2 aliphatic heterocycles. The van der Waals surface area contributed by atoms with E-state index in [1.165, 1.54) is 0 Å². The first-order valence-electron chi connectivity index (χ1n) is 8.89. The van der Waals surface area contributed by atoms with Gasteiger partial charge < -0.3 is 19.0 Å². The smallest absolute Gasteiger partial charge is 0.164 e. The molecule has 0 aromatic heterocycles. The monoisotopic (exact) mass is 340 g/mol. The summed E-state index contributed by atoms with van der Waals surface area (Å²) < 4.78 is 17.6. The van der Waals surface area contributed by atoms with Crippen LogP contribution in [0.1, 0.15) is 60.3 Å². The highest BCUT2D eigenvalue weighted by atomic mass is 16.7. The minimum Gasteiger partial charge on any atom is -0.382 e. The van der Waals surface area contributed by atoms with Crippen molar-refractivity contribution in [1.29, 1.82) is 0 Å². The van der Waals surface area contributed by atoms with Gasteiger partial charge in [-0.1, -0.05) is 0 Å². The van der Waals surface area contributed by atoms with Crippen LogP contribution in [0.25, 0.3) is 0 Å². The third-order valence-corrected chi connectivity index (χ3v) is 4.75. The van der Waals surface area contributed by atoms with E-state index in [1.807, 2.05) is 27.7 Å². The highest BCUT2D eigenvalue weighted by Gasteiger charge is 2.47. The van der Waals surface area contributed by atoms with Gasteiger partial charge in [0.15, 0.2) is 5.79 Å². The largest absolute Gasteiger partial charge is 0.382 e. The van der Waals surface area contributed by atoms with Crippen LogP contribution in [0.3, 0.4) is 0 Å². The molecule has 0 radical (unpaired) electrons. The maximum atomic E-state index is 11.5. The Morgan fingerprint density at radius 2 is 2.12 bits per heavy atom. The van der Waals surface area contributed by atoms with E-state index in [0.717, 1.165) is 25.1 Å². The van der Waals surface area contributed by atoms with Gasteiger partial charge in [0.2, 0.25) is 0 Å². The van der Waals surface area contributed by atoms with Crippen molar-refractivity contribution in [3.8, 4) is 0 Å². The minimum absolute atomic E-state index is 0.158. The summed E-state index contributed by atoms with van der Waals surface area (Å²) in [4.78, 5) is 11.5. The zero-order chi connectivity index (χ0) is 18.0. The van der Waals surface area contributed by atoms with E-state index in [1.54, 1.807) is 14.0 Å². The first kappa shape index (κ1) is 19.3. The molecule has 0 spiro atoms. The first-order valence-corrected chi connectivity index (χ1v) is 8.89. The molecule has 2 saturated heterocycles. The number of ketones is 1. The van der Waals surface area contributed by atoms with Gasteiger partial charge >= 0.3 is 0 Å². The summed E-state index contributed by atoms with van der Waals surface area (Å²) in [6, 6.07) is 0.293. The average Bonchev–Trinajstić information content (AvgIpc) is 2.88. The summed E-state index contributed by atoms with van der Waals surface area (Å²) in [5, 5.41) is 7.03. The van der Waals surface area contributed by atoms with Crippen molar-refractivity contribution >= 4 is 11.5 Å². The highest BCUT2D eigenvalue weighted by molar-refractivity contribution is 5.96. The number of carbonyl (C=O) groups is 1. The molecule has 0 aliphatic carbocycles. The number of rotatable bonds is 6. The summed E-state index contributed by atoms with van der Waals surface area (Å²) in [7, 11) is 1.72. The van der Waals surface area contributed by atoms with E-state index in [4.69, 9.17) is 19.3 Å². The normalized spacial score (nSPS) is 34.8. The van der Waals surface area contributed by atoms with Crippen LogP contribution in [-0.2, 0) is 19.0 Å². The predicted octanol–water partition coefficient (Wildman–Crippen LogP) is 2.75. The van der Waals surface area contributed by atoms with E-state index >= 15 is 0 Å². The summed E-state index contributed by atoms with van der Waals surface area (Å²) >= 11 is 0. The lowest BCUT2D eigenvalue weighted by Gasteiger charge is -2.47. The molecule has 6 nitrogen and oxygen atoms in total. The number of nitrogens with zero attached hydrogens (tertiary/aromatic N) is 2. The van der Waals surface area contributed by atoms with Crippen LogP contribution in [0.4, 0.5) is 0 Å². The average molecular weight is 340 g/mol. The second kappa shape index (κ2) is 7.50. The molecule has 24 heavy (non-hydrogen) atoms. The fraction of sp³-hybridized carbons (Fsp3) is 0.889. The van der Waals surface area contributed by atoms with E-state index in [2.05, 4.69) is 5.01 Å². The molecule has 6 heteroatoms. The second-order valence-corrected chi connectivity index (χ2v) is 7.59. The summed E-state index contributed by atoms with van der Waals surface area (Å²) in [5.41, 5.74) is 0.263. The molecule has 0 aromatic carbocycles. The Hall–Kier alpha value is -0.980. The van der Waals surface area contributed by atoms with Gasteiger partial charge in [-0.25, -0.2) is 0 Å². The molecule has 0 unspecified atom stereocenters. The van der Waals surface area contributed by atoms with Crippen LogP contribution >= 0.6 is 0 Å². The first-order chi connectivity index (χ1) is 11.2. The van der Waals surface area contributed by atoms with E-state index in [-0.39, 0.29) is 11.9 Å². The molecule has 3 atom stereocenters. The fourth-order valence-corrected chi connectivity index (χ4v) is 3.76. The molecular formula is C18H32N2O4. The summed E-state index contributed by atoms with van der Waals surface area (Å²) in [6.07, 6.45) is 3.11. The molecular weight excluding hydrogens is 308 g/mol. The van der Waals surface area contributed by atoms with Crippen molar-refractivity contribution in [2.75, 3.05) is 20.3 Å². The van der Waals surface area contributed by atoms with Crippen molar-refractivity contribution in [1.82, 2.24) is 5.01 Å². The number of Topliss-reactive ketones (excluding diaryl/α,β-unsaturated/α-hetero) is 1. The van der Waals surface area contributed by atoms with E-state index < -0.39 is 11.4 Å². The molecule has 2 rings (SSSR count). The predicted molar refractivity (Wildman–Crippen MR) is 93.1 cm³/mol. The van der Waals surface area contributed by atoms with Crippen molar-refractivity contribution in [2.45, 2.75) is 83.8 Å². The number of carbonyl (C=O) groups excluding carboxylic acids is 1. The van der Waals surface area contributed by atoms with Crippen molar-refractivity contribution in [3.05, 3.63) is 0 Å². The van der Waals surface area contributed by atoms with Crippen LogP contribution in [0.15, 0.2) is 5.10 Å². The lowest BCUT2D eigenvalue weighted by molar-refractivity contribution is -0.280. The lowest BCUT2D eigenvalue weighted by Crippen LogP contribution is -2.58. The topological polar surface area (TPSA) is 60.4 Å². The molecule has 0 N–H and O–H groups in total. The van der Waals surface area contributed by atoms with Crippen molar-refractivity contribution < 1.29 is 19.0 Å². The van der Waals surface area contributed by atoms with Gasteiger partial charge in [-0.2, -0.15) is 5.10 Å². The van der Waals surface area contributed by atoms with Gasteiger partial charge in [-0.15, -0.1) is 0 Å². The molecule has 138 valence electrons. The Labute approximate surface area is 145 Å². The molecule has 2 aliphatic rings. The van der Waals surface area contributed by atoms with Gasteiger partial charge in [-0.3, -0.25) is 5.01 Å². The molecule has 0 saturated carbocycles. The van der Waals surface area contributed by atoms with Crippen molar-refractivity contribution in [3.63, 3.8) is 0 Å². The Morgan fingerprint density at radius 3 is 2.75 bits per heavy atom. The number of hydrogen-bond acceptors (Lipinski definition) is 6. The van der Waals surface area contributed by atoms with Crippen LogP contribution in [0, 0.1) is 0 Å². The van der Waals surface area contributed by atoms with Gasteiger partial charge in [0.05, 0.1) is 18.4 Å². The molecule has 2 heterocycles. The fourth-order valence-electron chi connectivity index (χ4n) is 3.76. The Balaban J connectivity index is 2.28. The Morgan fingerprint density at radius 1 is 1.42 bits per heavy atom. The third-order valence-electron chi connectivity index (χ3n) is 4.75. The summed E-state index contributed by atoms with van der Waals surface area (Å²) in [6.45, 7) is 11.1. The maximum absolute atomic E-state index is 11.5. The van der Waals surface area contributed by atoms with Gasteiger partial charge in [-0.05, 0) is 53.9 Å². The highest BCUT2D eigenvalue weighted by Crippen LogP contribution is 2.36. The van der Waals surface area contributed by atoms with Crippen LogP contribution in [0.5, 0.6) is 0 Å². The lowest BCUT2D eigenvalue weighted by atomic mass is 9.88. The van der Waals surface area contributed by atoms with E-state index in [9.17, 15) is 4.79 Å². The third kappa shape index (κ3) is 4.55.